The summed E-state index contributed by atoms with van der Waals surface area (Å²) >= 11 is 0. The summed E-state index contributed by atoms with van der Waals surface area (Å²) in [6.07, 6.45) is 0. The number of aryl methyl sites for hydroxylation is 1. The monoisotopic (exact) mass is 426 g/mol. The Morgan fingerprint density at radius 1 is 1.06 bits per heavy atom. The lowest BCUT2D eigenvalue weighted by atomic mass is 10.1. The maximum Gasteiger partial charge on any atom is 0.321 e. The number of hydrogen-bond donors (Lipinski definition) is 3. The van der Waals surface area contributed by atoms with Gasteiger partial charge in [-0.15, -0.1) is 0 Å². The van der Waals surface area contributed by atoms with Gasteiger partial charge in [-0.05, 0) is 48.4 Å². The third-order valence-corrected chi connectivity index (χ3v) is 5.33. The van der Waals surface area contributed by atoms with Crippen LogP contribution in [0.25, 0.3) is 0 Å². The number of benzene rings is 2. The van der Waals surface area contributed by atoms with Crippen LogP contribution < -0.4 is 15.8 Å². The minimum absolute atomic E-state index is 0.197. The maximum atomic E-state index is 12.9. The highest BCUT2D eigenvalue weighted by atomic mass is 16.5. The van der Waals surface area contributed by atoms with E-state index in [1.54, 1.807) is 46.2 Å². The molecule has 2 aromatic carbocycles. The fraction of sp³-hybridized carbons (Fsp3) is 0.318. The zero-order chi connectivity index (χ0) is 22.5. The quantitative estimate of drug-likeness (QED) is 0.669. The molecule has 1 aliphatic rings. The van der Waals surface area contributed by atoms with Gasteiger partial charge in [0.2, 0.25) is 5.91 Å². The van der Waals surface area contributed by atoms with Crippen LogP contribution in [0, 0.1) is 6.92 Å². The standard InChI is InChI=1S/C22H26N4O5/c1-14-3-4-15(20(23)28)12-19(14)24-22(30)26-9-7-25(8-10-26)21(29)18-6-5-17(31-2)11-16(18)13-27/h3-6,11-12,27H,7-10,13H2,1-2H3,(H2,23,28)(H,24,30). The molecule has 0 aromatic heterocycles. The number of aliphatic hydroxyl groups excluding tert-OH is 1. The Kier molecular flexibility index (Phi) is 6.76. The highest BCUT2D eigenvalue weighted by Crippen LogP contribution is 2.21. The molecule has 0 unspecified atom stereocenters. The van der Waals surface area contributed by atoms with Crippen molar-refractivity contribution < 1.29 is 24.2 Å². The Labute approximate surface area is 180 Å². The second-order valence-electron chi connectivity index (χ2n) is 7.28. The second kappa shape index (κ2) is 9.48. The molecule has 164 valence electrons. The number of aliphatic hydroxyl groups is 1. The van der Waals surface area contributed by atoms with Gasteiger partial charge in [-0.25, -0.2) is 4.79 Å². The van der Waals surface area contributed by atoms with Crippen LogP contribution in [-0.4, -0.2) is 66.0 Å². The highest BCUT2D eigenvalue weighted by Gasteiger charge is 2.26. The Bertz CT molecular complexity index is 999. The van der Waals surface area contributed by atoms with Crippen LogP contribution in [0.1, 0.15) is 31.8 Å². The van der Waals surface area contributed by atoms with E-state index in [2.05, 4.69) is 5.32 Å². The summed E-state index contributed by atoms with van der Waals surface area (Å²) in [6, 6.07) is 9.53. The number of carbonyl (C=O) groups excluding carboxylic acids is 3. The lowest BCUT2D eigenvalue weighted by Crippen LogP contribution is -2.51. The van der Waals surface area contributed by atoms with Gasteiger partial charge in [-0.1, -0.05) is 6.07 Å². The van der Waals surface area contributed by atoms with Crippen molar-refractivity contribution >= 4 is 23.5 Å². The van der Waals surface area contributed by atoms with Crippen LogP contribution in [-0.2, 0) is 6.61 Å². The summed E-state index contributed by atoms with van der Waals surface area (Å²) in [4.78, 5) is 40.2. The first kappa shape index (κ1) is 22.1. The molecule has 9 nitrogen and oxygen atoms in total. The van der Waals surface area contributed by atoms with Crippen LogP contribution in [0.2, 0.25) is 0 Å². The zero-order valence-corrected chi connectivity index (χ0v) is 17.6. The third-order valence-electron chi connectivity index (χ3n) is 5.33. The van der Waals surface area contributed by atoms with Gasteiger partial charge in [0.1, 0.15) is 5.75 Å². The molecular formula is C22H26N4O5. The summed E-state index contributed by atoms with van der Waals surface area (Å²) < 4.78 is 5.14. The van der Waals surface area contributed by atoms with Gasteiger partial charge in [-0.2, -0.15) is 0 Å². The van der Waals surface area contributed by atoms with Crippen molar-refractivity contribution in [3.05, 3.63) is 58.7 Å². The molecule has 31 heavy (non-hydrogen) atoms. The molecule has 4 amide bonds. The summed E-state index contributed by atoms with van der Waals surface area (Å²) in [6.45, 7) is 3.00. The fourth-order valence-electron chi connectivity index (χ4n) is 3.42. The van der Waals surface area contributed by atoms with E-state index in [-0.39, 0.29) is 18.5 Å². The number of rotatable bonds is 5. The first-order valence-electron chi connectivity index (χ1n) is 9.87. The number of anilines is 1. The van der Waals surface area contributed by atoms with Crippen LogP contribution in [0.3, 0.4) is 0 Å². The summed E-state index contributed by atoms with van der Waals surface area (Å²) in [5.41, 5.74) is 7.87. The summed E-state index contributed by atoms with van der Waals surface area (Å²) in [7, 11) is 1.52. The van der Waals surface area contributed by atoms with Crippen molar-refractivity contribution in [2.75, 3.05) is 38.6 Å². The Morgan fingerprint density at radius 3 is 2.35 bits per heavy atom. The molecule has 0 saturated carbocycles. The topological polar surface area (TPSA) is 125 Å². The van der Waals surface area contributed by atoms with Crippen LogP contribution in [0.4, 0.5) is 10.5 Å². The van der Waals surface area contributed by atoms with Crippen molar-refractivity contribution in [1.82, 2.24) is 9.80 Å². The van der Waals surface area contributed by atoms with E-state index in [0.29, 0.717) is 54.3 Å². The number of ether oxygens (including phenoxy) is 1. The normalized spacial score (nSPS) is 13.6. The summed E-state index contributed by atoms with van der Waals surface area (Å²) in [5.74, 6) is -0.196. The lowest BCUT2D eigenvalue weighted by molar-refractivity contribution is 0.0668. The van der Waals surface area contributed by atoms with E-state index in [0.717, 1.165) is 5.56 Å². The average molecular weight is 426 g/mol. The SMILES string of the molecule is COc1ccc(C(=O)N2CCN(C(=O)Nc3cc(C(N)=O)ccc3C)CC2)c(CO)c1. The molecule has 0 spiro atoms. The molecule has 0 radical (unpaired) electrons. The van der Waals surface area contributed by atoms with Crippen LogP contribution in [0.5, 0.6) is 5.75 Å². The molecule has 0 atom stereocenters. The number of methoxy groups -OCH3 is 1. The predicted molar refractivity (Wildman–Crippen MR) is 115 cm³/mol. The van der Waals surface area contributed by atoms with E-state index < -0.39 is 5.91 Å². The molecule has 1 fully saturated rings. The number of hydrogen-bond acceptors (Lipinski definition) is 5. The molecule has 1 heterocycles. The molecule has 2 aromatic rings. The Morgan fingerprint density at radius 2 is 1.74 bits per heavy atom. The van der Waals surface area contributed by atoms with Crippen molar-refractivity contribution in [2.45, 2.75) is 13.5 Å². The van der Waals surface area contributed by atoms with E-state index in [1.165, 1.54) is 7.11 Å². The number of urea groups is 1. The number of nitrogens with one attached hydrogen (secondary N) is 1. The molecule has 9 heteroatoms. The summed E-state index contributed by atoms with van der Waals surface area (Å²) in [5, 5.41) is 12.4. The third kappa shape index (κ3) is 4.95. The largest absolute Gasteiger partial charge is 0.497 e. The van der Waals surface area contributed by atoms with Crippen molar-refractivity contribution in [1.29, 1.82) is 0 Å². The number of nitrogens with zero attached hydrogens (tertiary/aromatic N) is 2. The Hall–Kier alpha value is -3.59. The minimum Gasteiger partial charge on any atom is -0.497 e. The minimum atomic E-state index is -0.566. The van der Waals surface area contributed by atoms with Gasteiger partial charge in [0.05, 0.1) is 13.7 Å². The average Bonchev–Trinajstić information content (AvgIpc) is 2.79. The van der Waals surface area contributed by atoms with Crippen molar-refractivity contribution in [3.8, 4) is 5.75 Å². The molecular weight excluding hydrogens is 400 g/mol. The van der Waals surface area contributed by atoms with E-state index >= 15 is 0 Å². The van der Waals surface area contributed by atoms with E-state index in [4.69, 9.17) is 10.5 Å². The number of piperazine rings is 1. The van der Waals surface area contributed by atoms with E-state index in [9.17, 15) is 19.5 Å². The van der Waals surface area contributed by atoms with Gasteiger partial charge in [0, 0.05) is 43.0 Å². The van der Waals surface area contributed by atoms with Gasteiger partial charge >= 0.3 is 6.03 Å². The van der Waals surface area contributed by atoms with Crippen molar-refractivity contribution in [3.63, 3.8) is 0 Å². The smallest absolute Gasteiger partial charge is 0.321 e. The molecule has 1 aliphatic heterocycles. The first-order chi connectivity index (χ1) is 14.8. The lowest BCUT2D eigenvalue weighted by Gasteiger charge is -2.35. The molecule has 3 rings (SSSR count). The van der Waals surface area contributed by atoms with Gasteiger partial charge in [-0.3, -0.25) is 9.59 Å². The number of nitrogens with two attached hydrogens (primary N) is 1. The predicted octanol–water partition coefficient (Wildman–Crippen LogP) is 1.58. The van der Waals surface area contributed by atoms with E-state index in [1.807, 2.05) is 6.92 Å². The number of carbonyl (C=O) groups is 3. The van der Waals surface area contributed by atoms with Crippen LogP contribution in [0.15, 0.2) is 36.4 Å². The molecule has 4 N–H and O–H groups in total. The zero-order valence-electron chi connectivity index (χ0n) is 17.6. The van der Waals surface area contributed by atoms with Gasteiger partial charge < -0.3 is 30.7 Å². The first-order valence-corrected chi connectivity index (χ1v) is 9.87. The van der Waals surface area contributed by atoms with Crippen LogP contribution >= 0.6 is 0 Å². The van der Waals surface area contributed by atoms with Crippen molar-refractivity contribution in [2.24, 2.45) is 5.73 Å². The maximum absolute atomic E-state index is 12.9. The highest BCUT2D eigenvalue weighted by molar-refractivity contribution is 5.97. The number of primary amides is 1. The van der Waals surface area contributed by atoms with Gasteiger partial charge in [0.25, 0.3) is 5.91 Å². The Balaban J connectivity index is 1.63. The second-order valence-corrected chi connectivity index (χ2v) is 7.28. The molecule has 1 saturated heterocycles. The fourth-order valence-corrected chi connectivity index (χ4v) is 3.42. The molecule has 0 bridgehead atoms. The molecule has 0 aliphatic carbocycles. The number of amides is 4. The van der Waals surface area contributed by atoms with Gasteiger partial charge in [0.15, 0.2) is 0 Å².